The summed E-state index contributed by atoms with van der Waals surface area (Å²) >= 11 is 0. The Hall–Kier alpha value is -1.06. The topological polar surface area (TPSA) is 55.1 Å². The molecule has 19 heavy (non-hydrogen) atoms. The molecular weight excluding hydrogens is 260 g/mol. The molecule has 1 aromatic carbocycles. The number of hydrogen-bond donors (Lipinski definition) is 2. The van der Waals surface area contributed by atoms with Crippen LogP contribution in [0.15, 0.2) is 30.3 Å². The molecule has 0 bridgehead atoms. The zero-order chi connectivity index (χ0) is 13.6. The molecule has 1 atom stereocenters. The van der Waals surface area contributed by atoms with Crippen LogP contribution in [0, 0.1) is 0 Å². The van der Waals surface area contributed by atoms with E-state index >= 15 is 0 Å². The van der Waals surface area contributed by atoms with Crippen LogP contribution in [0.4, 0.5) is 0 Å². The molecule has 0 radical (unpaired) electrons. The lowest BCUT2D eigenvalue weighted by molar-refractivity contribution is -0.124. The summed E-state index contributed by atoms with van der Waals surface area (Å²) in [5.41, 5.74) is 6.79. The Bertz CT molecular complexity index is 379. The molecule has 4 heteroatoms. The van der Waals surface area contributed by atoms with E-state index in [1.54, 1.807) is 0 Å². The largest absolute Gasteiger partial charge is 0.350 e. The molecule has 3 N–H and O–H groups in total. The third-order valence-electron chi connectivity index (χ3n) is 3.12. The first-order valence-corrected chi connectivity index (χ1v) is 6.56. The van der Waals surface area contributed by atoms with E-state index in [2.05, 4.69) is 17.4 Å². The summed E-state index contributed by atoms with van der Waals surface area (Å²) in [6, 6.07) is 9.89. The van der Waals surface area contributed by atoms with Crippen LogP contribution >= 0.6 is 12.4 Å². The highest BCUT2D eigenvalue weighted by atomic mass is 35.5. The van der Waals surface area contributed by atoms with Gasteiger partial charge in [0.2, 0.25) is 5.91 Å². The third kappa shape index (κ3) is 6.60. The number of carbonyl (C=O) groups excluding carboxylic acids is 1. The number of carbonyl (C=O) groups is 1. The summed E-state index contributed by atoms with van der Waals surface area (Å²) in [4.78, 5) is 11.8. The first-order valence-electron chi connectivity index (χ1n) is 6.56. The van der Waals surface area contributed by atoms with Gasteiger partial charge in [0.1, 0.15) is 0 Å². The lowest BCUT2D eigenvalue weighted by Crippen LogP contribution is -2.50. The van der Waals surface area contributed by atoms with Crippen molar-refractivity contribution < 1.29 is 4.79 Å². The third-order valence-corrected chi connectivity index (χ3v) is 3.12. The second kappa shape index (κ2) is 8.18. The minimum Gasteiger partial charge on any atom is -0.350 e. The number of benzene rings is 1. The van der Waals surface area contributed by atoms with Gasteiger partial charge >= 0.3 is 0 Å². The van der Waals surface area contributed by atoms with Crippen LogP contribution in [0.3, 0.4) is 0 Å². The van der Waals surface area contributed by atoms with Gasteiger partial charge in [-0.3, -0.25) is 4.79 Å². The summed E-state index contributed by atoms with van der Waals surface area (Å²) in [5, 5.41) is 3.01. The molecule has 0 fully saturated rings. The Labute approximate surface area is 122 Å². The Morgan fingerprint density at radius 1 is 1.32 bits per heavy atom. The van der Waals surface area contributed by atoms with Gasteiger partial charge in [0.05, 0.1) is 6.04 Å². The first kappa shape index (κ1) is 17.9. The molecule has 1 rings (SSSR count). The van der Waals surface area contributed by atoms with E-state index in [9.17, 15) is 4.79 Å². The number of amides is 1. The Balaban J connectivity index is 0.00000324. The Kier molecular flexibility index (Phi) is 7.72. The second-order valence-corrected chi connectivity index (χ2v) is 5.37. The maximum absolute atomic E-state index is 11.8. The van der Waals surface area contributed by atoms with Crippen molar-refractivity contribution in [2.24, 2.45) is 5.73 Å². The van der Waals surface area contributed by atoms with E-state index in [1.807, 2.05) is 39.0 Å². The number of nitrogens with two attached hydrogens (primary N) is 1. The summed E-state index contributed by atoms with van der Waals surface area (Å²) in [6.07, 6.45) is 2.52. The molecule has 0 aliphatic carbocycles. The van der Waals surface area contributed by atoms with E-state index in [4.69, 9.17) is 5.73 Å². The predicted molar refractivity (Wildman–Crippen MR) is 82.5 cm³/mol. The summed E-state index contributed by atoms with van der Waals surface area (Å²) in [6.45, 7) is 5.99. The van der Waals surface area contributed by atoms with Crippen molar-refractivity contribution in [2.45, 2.75) is 51.6 Å². The number of aryl methyl sites for hydroxylation is 1. The van der Waals surface area contributed by atoms with Crippen LogP contribution in [0.2, 0.25) is 0 Å². The monoisotopic (exact) mass is 284 g/mol. The van der Waals surface area contributed by atoms with Crippen LogP contribution in [0.1, 0.15) is 39.2 Å². The molecule has 0 spiro atoms. The van der Waals surface area contributed by atoms with Crippen molar-refractivity contribution in [3.05, 3.63) is 35.9 Å². The van der Waals surface area contributed by atoms with Crippen molar-refractivity contribution in [1.29, 1.82) is 0 Å². The van der Waals surface area contributed by atoms with Crippen LogP contribution in [0.5, 0.6) is 0 Å². The van der Waals surface area contributed by atoms with Crippen molar-refractivity contribution in [3.8, 4) is 0 Å². The molecule has 0 aromatic heterocycles. The van der Waals surface area contributed by atoms with Crippen LogP contribution in [-0.4, -0.2) is 17.5 Å². The van der Waals surface area contributed by atoms with E-state index in [0.717, 1.165) is 12.8 Å². The summed E-state index contributed by atoms with van der Waals surface area (Å²) < 4.78 is 0. The minimum atomic E-state index is -0.402. The quantitative estimate of drug-likeness (QED) is 0.844. The molecule has 0 aliphatic heterocycles. The maximum Gasteiger partial charge on any atom is 0.237 e. The van der Waals surface area contributed by atoms with Gasteiger partial charge in [0.25, 0.3) is 0 Å². The fraction of sp³-hybridized carbons (Fsp3) is 0.533. The van der Waals surface area contributed by atoms with Crippen LogP contribution < -0.4 is 11.1 Å². The Morgan fingerprint density at radius 3 is 2.42 bits per heavy atom. The van der Waals surface area contributed by atoms with E-state index in [0.29, 0.717) is 6.42 Å². The molecule has 1 amide bonds. The summed E-state index contributed by atoms with van der Waals surface area (Å²) in [5.74, 6) is -0.0597. The average Bonchev–Trinajstić information content (AvgIpc) is 2.36. The normalized spacial score (nSPS) is 12.4. The van der Waals surface area contributed by atoms with Gasteiger partial charge in [0.15, 0.2) is 0 Å². The van der Waals surface area contributed by atoms with E-state index in [-0.39, 0.29) is 23.9 Å². The van der Waals surface area contributed by atoms with E-state index in [1.165, 1.54) is 5.56 Å². The first-order chi connectivity index (χ1) is 8.44. The fourth-order valence-corrected chi connectivity index (χ4v) is 1.78. The van der Waals surface area contributed by atoms with Crippen molar-refractivity contribution in [3.63, 3.8) is 0 Å². The molecule has 3 nitrogen and oxygen atoms in total. The van der Waals surface area contributed by atoms with Crippen LogP contribution in [0.25, 0.3) is 0 Å². The van der Waals surface area contributed by atoms with Gasteiger partial charge in [-0.05, 0) is 38.7 Å². The van der Waals surface area contributed by atoms with E-state index < -0.39 is 6.04 Å². The van der Waals surface area contributed by atoms with Gasteiger partial charge in [-0.25, -0.2) is 0 Å². The van der Waals surface area contributed by atoms with Crippen molar-refractivity contribution in [2.75, 3.05) is 0 Å². The lowest BCUT2D eigenvalue weighted by Gasteiger charge is -2.27. The SMILES string of the molecule is CC[C@H](N)C(=O)NC(C)(C)CCc1ccccc1.Cl. The number of nitrogens with one attached hydrogen (secondary N) is 1. The molecule has 0 aliphatic rings. The number of hydrogen-bond acceptors (Lipinski definition) is 2. The molecule has 1 aromatic rings. The second-order valence-electron chi connectivity index (χ2n) is 5.37. The van der Waals surface area contributed by atoms with Gasteiger partial charge in [-0.1, -0.05) is 37.3 Å². The average molecular weight is 285 g/mol. The molecule has 0 saturated heterocycles. The lowest BCUT2D eigenvalue weighted by atomic mass is 9.94. The summed E-state index contributed by atoms with van der Waals surface area (Å²) in [7, 11) is 0. The highest BCUT2D eigenvalue weighted by Crippen LogP contribution is 2.13. The molecule has 108 valence electrons. The Morgan fingerprint density at radius 2 is 1.89 bits per heavy atom. The minimum absolute atomic E-state index is 0. The molecular formula is C15H25ClN2O. The number of rotatable bonds is 6. The molecule has 0 saturated carbocycles. The highest BCUT2D eigenvalue weighted by molar-refractivity contribution is 5.85. The van der Waals surface area contributed by atoms with Gasteiger partial charge in [-0.2, -0.15) is 0 Å². The zero-order valence-electron chi connectivity index (χ0n) is 12.0. The van der Waals surface area contributed by atoms with Crippen molar-refractivity contribution >= 4 is 18.3 Å². The highest BCUT2D eigenvalue weighted by Gasteiger charge is 2.22. The van der Waals surface area contributed by atoms with Crippen molar-refractivity contribution in [1.82, 2.24) is 5.32 Å². The predicted octanol–water partition coefficient (Wildman–Crippen LogP) is 2.67. The number of halogens is 1. The van der Waals surface area contributed by atoms with Gasteiger partial charge in [0, 0.05) is 5.54 Å². The smallest absolute Gasteiger partial charge is 0.237 e. The maximum atomic E-state index is 11.8. The zero-order valence-corrected chi connectivity index (χ0v) is 12.8. The molecule has 0 heterocycles. The van der Waals surface area contributed by atoms with Gasteiger partial charge in [-0.15, -0.1) is 12.4 Å². The fourth-order valence-electron chi connectivity index (χ4n) is 1.78. The molecule has 0 unspecified atom stereocenters. The van der Waals surface area contributed by atoms with Gasteiger partial charge < -0.3 is 11.1 Å². The van der Waals surface area contributed by atoms with Crippen LogP contribution in [-0.2, 0) is 11.2 Å². The standard InChI is InChI=1S/C15H24N2O.ClH/c1-4-13(16)14(18)17-15(2,3)11-10-12-8-6-5-7-9-12;/h5-9,13H,4,10-11,16H2,1-3H3,(H,17,18);1H/t13-;/m0./s1.